The normalized spacial score (nSPS) is 23.8. The molecule has 0 aliphatic carbocycles. The van der Waals surface area contributed by atoms with Crippen molar-refractivity contribution < 1.29 is 4.79 Å². The minimum Gasteiger partial charge on any atom is -0.368 e. The molecule has 148 valence electrons. The lowest BCUT2D eigenvalue weighted by Gasteiger charge is -2.36. The zero-order valence-electron chi connectivity index (χ0n) is 16.3. The molecule has 2 atom stereocenters. The number of amidine groups is 1. The molecule has 2 unspecified atom stereocenters. The molecular formula is C19H22BrClN6O. The average Bonchev–Trinajstić information content (AvgIpc) is 2.85. The number of aliphatic imine (C=N–C) groups is 2. The standard InChI is InChI=1S/C19H22BrClN6O/c1-5-6-7-8-27-18(28)26(10-13-12(3)14(20)11(2)9-23-13)16-19(27,4)15(21)24-17(22)25-16/h9,15H,5,8,10H2,1-4H3,(H2,22,24). The summed E-state index contributed by atoms with van der Waals surface area (Å²) in [6.45, 7) is 8.23. The number of hydrogen-bond acceptors (Lipinski definition) is 5. The van der Waals surface area contributed by atoms with Crippen molar-refractivity contribution in [2.45, 2.75) is 51.7 Å². The van der Waals surface area contributed by atoms with Gasteiger partial charge in [-0.3, -0.25) is 14.8 Å². The molecule has 1 saturated heterocycles. The van der Waals surface area contributed by atoms with E-state index < -0.39 is 11.0 Å². The summed E-state index contributed by atoms with van der Waals surface area (Å²) in [7, 11) is 0. The number of aromatic nitrogens is 1. The van der Waals surface area contributed by atoms with Crippen LogP contribution in [0.5, 0.6) is 0 Å². The highest BCUT2D eigenvalue weighted by Gasteiger charge is 2.57. The number of carbonyl (C=O) groups is 1. The van der Waals surface area contributed by atoms with Gasteiger partial charge in [0.1, 0.15) is 11.4 Å². The molecule has 0 radical (unpaired) electrons. The number of aryl methyl sites for hydroxylation is 1. The molecular weight excluding hydrogens is 444 g/mol. The van der Waals surface area contributed by atoms with Crippen LogP contribution in [0.25, 0.3) is 0 Å². The third kappa shape index (κ3) is 3.27. The second-order valence-corrected chi connectivity index (χ2v) is 8.10. The Bertz CT molecular complexity index is 950. The van der Waals surface area contributed by atoms with E-state index in [1.165, 1.54) is 0 Å². The first kappa shape index (κ1) is 20.6. The van der Waals surface area contributed by atoms with E-state index >= 15 is 0 Å². The predicted molar refractivity (Wildman–Crippen MR) is 114 cm³/mol. The Hall–Kier alpha value is -2.11. The molecule has 1 aromatic heterocycles. The maximum Gasteiger partial charge on any atom is 0.327 e. The van der Waals surface area contributed by atoms with Crippen LogP contribution in [0.15, 0.2) is 20.7 Å². The van der Waals surface area contributed by atoms with Gasteiger partial charge < -0.3 is 5.73 Å². The Morgan fingerprint density at radius 3 is 2.79 bits per heavy atom. The number of nitrogens with two attached hydrogens (primary N) is 1. The molecule has 0 saturated carbocycles. The number of urea groups is 1. The second kappa shape index (κ2) is 7.72. The Balaban J connectivity index is 2.04. The van der Waals surface area contributed by atoms with Gasteiger partial charge in [0.05, 0.1) is 18.8 Å². The topological polar surface area (TPSA) is 87.2 Å². The van der Waals surface area contributed by atoms with Gasteiger partial charge in [0, 0.05) is 17.1 Å². The monoisotopic (exact) mass is 464 g/mol. The Kier molecular flexibility index (Phi) is 5.69. The Morgan fingerprint density at radius 1 is 1.39 bits per heavy atom. The number of hydrogen-bond donors (Lipinski definition) is 1. The van der Waals surface area contributed by atoms with Crippen molar-refractivity contribution in [1.29, 1.82) is 0 Å². The third-order valence-corrected chi connectivity index (χ3v) is 6.77. The fourth-order valence-corrected chi connectivity index (χ4v) is 3.96. The van der Waals surface area contributed by atoms with Crippen molar-refractivity contribution in [2.75, 3.05) is 6.54 Å². The summed E-state index contributed by atoms with van der Waals surface area (Å²) in [6.07, 6.45) is 2.48. The second-order valence-electron chi connectivity index (χ2n) is 6.89. The van der Waals surface area contributed by atoms with Crippen LogP contribution in [0.4, 0.5) is 4.79 Å². The van der Waals surface area contributed by atoms with Gasteiger partial charge in [-0.25, -0.2) is 9.79 Å². The number of pyridine rings is 1. The molecule has 3 heterocycles. The first-order chi connectivity index (χ1) is 13.2. The fraction of sp³-hybridized carbons (Fsp3) is 0.474. The van der Waals surface area contributed by atoms with Gasteiger partial charge in [0.25, 0.3) is 0 Å². The number of carbonyl (C=O) groups excluding carboxylic acids is 1. The molecule has 0 aromatic carbocycles. The smallest absolute Gasteiger partial charge is 0.327 e. The lowest BCUT2D eigenvalue weighted by atomic mass is 9.98. The molecule has 0 bridgehead atoms. The van der Waals surface area contributed by atoms with Gasteiger partial charge in [0.15, 0.2) is 5.50 Å². The van der Waals surface area contributed by atoms with E-state index in [1.54, 1.807) is 16.0 Å². The van der Waals surface area contributed by atoms with Crippen LogP contribution in [0.1, 0.15) is 37.1 Å². The van der Waals surface area contributed by atoms with Gasteiger partial charge >= 0.3 is 6.03 Å². The van der Waals surface area contributed by atoms with Crippen molar-refractivity contribution in [3.8, 4) is 11.8 Å². The number of nitrogens with zero attached hydrogens (tertiary/aromatic N) is 5. The predicted octanol–water partition coefficient (Wildman–Crippen LogP) is 3.16. The summed E-state index contributed by atoms with van der Waals surface area (Å²) < 4.78 is 0.972. The highest BCUT2D eigenvalue weighted by molar-refractivity contribution is 9.10. The first-order valence-electron chi connectivity index (χ1n) is 8.93. The number of fused-ring (bicyclic) bond motifs is 1. The van der Waals surface area contributed by atoms with Crippen LogP contribution in [-0.2, 0) is 6.54 Å². The molecule has 1 aromatic rings. The lowest BCUT2D eigenvalue weighted by molar-refractivity contribution is 0.174. The van der Waals surface area contributed by atoms with E-state index in [0.29, 0.717) is 12.3 Å². The van der Waals surface area contributed by atoms with Crippen molar-refractivity contribution in [3.05, 3.63) is 27.5 Å². The molecule has 9 heteroatoms. The van der Waals surface area contributed by atoms with Crippen LogP contribution in [0.3, 0.4) is 0 Å². The molecule has 2 aliphatic heterocycles. The first-order valence-corrected chi connectivity index (χ1v) is 10.2. The Labute approximate surface area is 178 Å². The fourth-order valence-electron chi connectivity index (χ4n) is 3.31. The summed E-state index contributed by atoms with van der Waals surface area (Å²) in [5.74, 6) is 6.55. The minimum absolute atomic E-state index is 0.0570. The molecule has 3 rings (SSSR count). The Morgan fingerprint density at radius 2 is 2.11 bits per heavy atom. The zero-order valence-corrected chi connectivity index (χ0v) is 18.6. The number of amides is 2. The van der Waals surface area contributed by atoms with E-state index in [4.69, 9.17) is 17.3 Å². The van der Waals surface area contributed by atoms with Crippen molar-refractivity contribution in [2.24, 2.45) is 15.7 Å². The summed E-state index contributed by atoms with van der Waals surface area (Å²) in [5, 5.41) is 0. The van der Waals surface area contributed by atoms with Gasteiger partial charge in [0.2, 0.25) is 5.96 Å². The van der Waals surface area contributed by atoms with E-state index in [0.717, 1.165) is 21.3 Å². The summed E-state index contributed by atoms with van der Waals surface area (Å²) in [5.41, 5.74) is 6.94. The number of guanidine groups is 1. The maximum atomic E-state index is 13.3. The van der Waals surface area contributed by atoms with Crippen LogP contribution in [0, 0.1) is 25.7 Å². The molecule has 7 nitrogen and oxygen atoms in total. The summed E-state index contributed by atoms with van der Waals surface area (Å²) in [4.78, 5) is 29.6. The molecule has 2 amide bonds. The number of halogens is 2. The van der Waals surface area contributed by atoms with Crippen LogP contribution in [0.2, 0.25) is 0 Å². The van der Waals surface area contributed by atoms with Crippen molar-refractivity contribution in [3.63, 3.8) is 0 Å². The maximum absolute atomic E-state index is 13.3. The number of alkyl halides is 1. The minimum atomic E-state index is -0.931. The lowest BCUT2D eigenvalue weighted by Crippen LogP contribution is -2.55. The van der Waals surface area contributed by atoms with Gasteiger partial charge in [-0.1, -0.05) is 40.4 Å². The molecule has 1 fully saturated rings. The van der Waals surface area contributed by atoms with E-state index in [1.807, 2.05) is 27.7 Å². The molecule has 28 heavy (non-hydrogen) atoms. The summed E-state index contributed by atoms with van der Waals surface area (Å²) in [6, 6.07) is -0.236. The zero-order chi connectivity index (χ0) is 20.6. The average molecular weight is 466 g/mol. The number of rotatable bonds is 3. The molecule has 2 N–H and O–H groups in total. The largest absolute Gasteiger partial charge is 0.368 e. The summed E-state index contributed by atoms with van der Waals surface area (Å²) >= 11 is 10.1. The van der Waals surface area contributed by atoms with Gasteiger partial charge in [-0.2, -0.15) is 4.99 Å². The van der Waals surface area contributed by atoms with Crippen molar-refractivity contribution >= 4 is 45.4 Å². The third-order valence-electron chi connectivity index (χ3n) is 5.03. The van der Waals surface area contributed by atoms with Crippen LogP contribution >= 0.6 is 27.5 Å². The van der Waals surface area contributed by atoms with E-state index in [2.05, 4.69) is 42.7 Å². The van der Waals surface area contributed by atoms with Crippen LogP contribution < -0.4 is 5.73 Å². The van der Waals surface area contributed by atoms with E-state index in [9.17, 15) is 4.79 Å². The van der Waals surface area contributed by atoms with Crippen LogP contribution in [-0.4, -0.2) is 50.2 Å². The van der Waals surface area contributed by atoms with E-state index in [-0.39, 0.29) is 25.1 Å². The quantitative estimate of drug-likeness (QED) is 0.422. The molecule has 2 aliphatic rings. The SMILES string of the molecule is CCC#CCN1C(=O)N(Cc2ncc(C)c(Br)c2C)C2=NC(N)=NC(Cl)C21C. The highest BCUT2D eigenvalue weighted by Crippen LogP contribution is 2.38. The molecule has 0 spiro atoms. The van der Waals surface area contributed by atoms with Crippen molar-refractivity contribution in [1.82, 2.24) is 14.8 Å². The highest BCUT2D eigenvalue weighted by atomic mass is 79.9. The van der Waals surface area contributed by atoms with Gasteiger partial charge in [-0.15, -0.1) is 5.92 Å². The van der Waals surface area contributed by atoms with Gasteiger partial charge in [-0.05, 0) is 31.9 Å².